The number of amides is 1. The smallest absolute Gasteiger partial charge is 0.281 e. The molecule has 1 fully saturated rings. The number of hydrogen-bond acceptors (Lipinski definition) is 9. The minimum Gasteiger partial charge on any atom is -0.384 e. The van der Waals surface area contributed by atoms with Gasteiger partial charge in [-0.1, -0.05) is 19.9 Å². The second-order valence-electron chi connectivity index (χ2n) is 10.7. The molecule has 4 N–H and O–H groups in total. The molecule has 10 nitrogen and oxygen atoms in total. The van der Waals surface area contributed by atoms with Gasteiger partial charge in [0.1, 0.15) is 17.5 Å². The van der Waals surface area contributed by atoms with E-state index >= 15 is 0 Å². The zero-order valence-corrected chi connectivity index (χ0v) is 23.9. The van der Waals surface area contributed by atoms with E-state index in [0.717, 1.165) is 30.6 Å². The van der Waals surface area contributed by atoms with Crippen LogP contribution in [0, 0.1) is 5.92 Å². The third kappa shape index (κ3) is 6.65. The molecule has 4 rings (SSSR count). The van der Waals surface area contributed by atoms with Gasteiger partial charge in [-0.25, -0.2) is 19.7 Å². The molecule has 3 aromatic rings. The highest BCUT2D eigenvalue weighted by Crippen LogP contribution is 2.33. The molecule has 0 bridgehead atoms. The molecule has 1 aliphatic heterocycles. The number of nitrogen functional groups attached to an aromatic ring is 1. The highest BCUT2D eigenvalue weighted by Gasteiger charge is 2.33. The molecule has 1 amide bonds. The average Bonchev–Trinajstić information content (AvgIpc) is 3.21. The lowest BCUT2D eigenvalue weighted by atomic mass is 10.1. The van der Waals surface area contributed by atoms with E-state index in [-0.39, 0.29) is 28.5 Å². The number of nitrogens with two attached hydrogens (primary N) is 1. The fraction of sp³-hybridized carbons (Fsp3) is 0.429. The molecular weight excluding hydrogens is 514 g/mol. The summed E-state index contributed by atoms with van der Waals surface area (Å²) in [5, 5.41) is 3.09. The normalized spacial score (nSPS) is 18.3. The topological polar surface area (TPSA) is 143 Å². The van der Waals surface area contributed by atoms with Crippen LogP contribution in [0.3, 0.4) is 0 Å². The summed E-state index contributed by atoms with van der Waals surface area (Å²) in [5.74, 6) is 1.06. The second-order valence-corrected chi connectivity index (χ2v) is 12.3. The third-order valence-electron chi connectivity index (χ3n) is 6.84. The number of rotatable bonds is 9. The Morgan fingerprint density at radius 2 is 1.77 bits per heavy atom. The summed E-state index contributed by atoms with van der Waals surface area (Å²) >= 11 is 0. The van der Waals surface area contributed by atoms with Gasteiger partial charge in [-0.3, -0.25) is 4.79 Å². The van der Waals surface area contributed by atoms with Crippen LogP contribution in [-0.2, 0) is 10.0 Å². The van der Waals surface area contributed by atoms with Gasteiger partial charge in [0.15, 0.2) is 5.03 Å². The van der Waals surface area contributed by atoms with E-state index in [1.54, 1.807) is 18.3 Å². The number of carbonyl (C=O) groups excluding carboxylic acids is 1. The van der Waals surface area contributed by atoms with Gasteiger partial charge in [0.2, 0.25) is 0 Å². The van der Waals surface area contributed by atoms with Crippen LogP contribution >= 0.6 is 0 Å². The third-order valence-corrected chi connectivity index (χ3v) is 8.07. The van der Waals surface area contributed by atoms with Gasteiger partial charge in [0, 0.05) is 29.9 Å². The standard InChI is InChI=1S/C28H37N7O3S/c1-17(2)15-18(3)31-25-14-11-21(16-30-25)23-13-12-22(27(32-23)35-19(4)9-10-20(35)5)28(36)34-39(37,38)26-8-6-7-24(29)33-26/h6-8,11-14,16-20H,9-10,15H2,1-5H3,(H2,29,33)(H,30,31)(H,34,36)/t18-,19-,20+/m0/s1. The molecule has 0 aliphatic carbocycles. The van der Waals surface area contributed by atoms with Crippen LogP contribution in [0.25, 0.3) is 11.3 Å². The first-order chi connectivity index (χ1) is 18.4. The Labute approximate surface area is 230 Å². The van der Waals surface area contributed by atoms with Gasteiger partial charge in [-0.05, 0) is 82.3 Å². The zero-order valence-electron chi connectivity index (χ0n) is 23.0. The van der Waals surface area contributed by atoms with Crippen molar-refractivity contribution in [2.75, 3.05) is 16.0 Å². The summed E-state index contributed by atoms with van der Waals surface area (Å²) in [5.41, 5.74) is 7.25. The predicted octanol–water partition coefficient (Wildman–Crippen LogP) is 4.46. The number of nitrogens with zero attached hydrogens (tertiary/aromatic N) is 4. The molecule has 3 aromatic heterocycles. The van der Waals surface area contributed by atoms with Crippen molar-refractivity contribution in [3.8, 4) is 11.3 Å². The Kier molecular flexibility index (Phi) is 8.39. The Bertz CT molecular complexity index is 1420. The van der Waals surface area contributed by atoms with Gasteiger partial charge in [-0.2, -0.15) is 8.42 Å². The molecule has 11 heteroatoms. The molecule has 0 saturated carbocycles. The first-order valence-electron chi connectivity index (χ1n) is 13.3. The van der Waals surface area contributed by atoms with Gasteiger partial charge in [-0.15, -0.1) is 0 Å². The van der Waals surface area contributed by atoms with Gasteiger partial charge in [0.05, 0.1) is 11.3 Å². The number of carbonyl (C=O) groups is 1. The van der Waals surface area contributed by atoms with Gasteiger partial charge >= 0.3 is 0 Å². The number of aromatic nitrogens is 3. The van der Waals surface area contributed by atoms with Gasteiger partial charge < -0.3 is 16.0 Å². The van der Waals surface area contributed by atoms with E-state index in [0.29, 0.717) is 23.5 Å². The quantitative estimate of drug-likeness (QED) is 0.351. The van der Waals surface area contributed by atoms with E-state index in [1.165, 1.54) is 18.2 Å². The molecule has 1 aliphatic rings. The summed E-state index contributed by atoms with van der Waals surface area (Å²) in [6.07, 6.45) is 4.67. The number of hydrogen-bond donors (Lipinski definition) is 3. The summed E-state index contributed by atoms with van der Waals surface area (Å²) in [4.78, 5) is 28.7. The molecule has 39 heavy (non-hydrogen) atoms. The molecule has 1 saturated heterocycles. The zero-order chi connectivity index (χ0) is 28.3. The van der Waals surface area contributed by atoms with Crippen molar-refractivity contribution in [3.63, 3.8) is 0 Å². The minimum absolute atomic E-state index is 0.0426. The van der Waals surface area contributed by atoms with E-state index in [1.807, 2.05) is 12.1 Å². The van der Waals surface area contributed by atoms with E-state index in [4.69, 9.17) is 10.7 Å². The Morgan fingerprint density at radius 1 is 1.05 bits per heavy atom. The van der Waals surface area contributed by atoms with Crippen LogP contribution in [0.5, 0.6) is 0 Å². The van der Waals surface area contributed by atoms with Crippen LogP contribution < -0.4 is 20.7 Å². The van der Waals surface area contributed by atoms with E-state index in [9.17, 15) is 13.2 Å². The molecule has 0 spiro atoms. The van der Waals surface area contributed by atoms with Crippen molar-refractivity contribution in [1.82, 2.24) is 19.7 Å². The van der Waals surface area contributed by atoms with Crippen molar-refractivity contribution in [1.29, 1.82) is 0 Å². The maximum atomic E-state index is 13.3. The summed E-state index contributed by atoms with van der Waals surface area (Å²) < 4.78 is 27.9. The lowest BCUT2D eigenvalue weighted by Gasteiger charge is -2.29. The molecule has 3 atom stereocenters. The van der Waals surface area contributed by atoms with Crippen molar-refractivity contribution >= 4 is 33.4 Å². The maximum Gasteiger partial charge on any atom is 0.281 e. The molecular formula is C28H37N7O3S. The molecule has 0 aromatic carbocycles. The highest BCUT2D eigenvalue weighted by atomic mass is 32.2. The van der Waals surface area contributed by atoms with Crippen LogP contribution in [0.4, 0.5) is 17.5 Å². The minimum atomic E-state index is -4.24. The van der Waals surface area contributed by atoms with Crippen molar-refractivity contribution in [3.05, 3.63) is 54.2 Å². The molecule has 208 valence electrons. The fourth-order valence-corrected chi connectivity index (χ4v) is 6.00. The summed E-state index contributed by atoms with van der Waals surface area (Å²) in [7, 11) is -4.24. The van der Waals surface area contributed by atoms with Crippen molar-refractivity contribution in [2.45, 2.75) is 77.0 Å². The summed E-state index contributed by atoms with van der Waals surface area (Å²) in [6.45, 7) is 10.7. The number of nitrogens with one attached hydrogen (secondary N) is 2. The molecule has 4 heterocycles. The van der Waals surface area contributed by atoms with E-state index < -0.39 is 15.9 Å². The van der Waals surface area contributed by atoms with Crippen LogP contribution in [0.15, 0.2) is 53.7 Å². The van der Waals surface area contributed by atoms with Crippen LogP contribution in [-0.4, -0.2) is 47.4 Å². The Hall–Kier alpha value is -3.73. The number of anilines is 3. The van der Waals surface area contributed by atoms with Crippen molar-refractivity contribution < 1.29 is 13.2 Å². The van der Waals surface area contributed by atoms with Gasteiger partial charge in [0.25, 0.3) is 15.9 Å². The van der Waals surface area contributed by atoms with Crippen LogP contribution in [0.1, 0.15) is 64.2 Å². The average molecular weight is 552 g/mol. The lowest BCUT2D eigenvalue weighted by molar-refractivity contribution is 0.0981. The predicted molar refractivity (Wildman–Crippen MR) is 154 cm³/mol. The number of sulfonamides is 1. The monoisotopic (exact) mass is 551 g/mol. The second kappa shape index (κ2) is 11.6. The molecule has 0 unspecified atom stereocenters. The summed E-state index contributed by atoms with van der Waals surface area (Å²) in [6, 6.07) is 12.0. The van der Waals surface area contributed by atoms with E-state index in [2.05, 4.69) is 59.5 Å². The highest BCUT2D eigenvalue weighted by molar-refractivity contribution is 7.90. The molecule has 0 radical (unpaired) electrons. The first kappa shape index (κ1) is 28.3. The SMILES string of the molecule is CC(C)C[C@H](C)Nc1ccc(-c2ccc(C(=O)NS(=O)(=O)c3cccc(N)n3)c(N3[C@H](C)CC[C@@H]3C)n2)cn1. The lowest BCUT2D eigenvalue weighted by Crippen LogP contribution is -2.37. The fourth-order valence-electron chi connectivity index (χ4n) is 5.05. The first-order valence-corrected chi connectivity index (χ1v) is 14.7. The van der Waals surface area contributed by atoms with Crippen molar-refractivity contribution in [2.24, 2.45) is 5.92 Å². The maximum absolute atomic E-state index is 13.3. The number of pyridine rings is 3. The Balaban J connectivity index is 1.65. The Morgan fingerprint density at radius 3 is 2.38 bits per heavy atom. The van der Waals surface area contributed by atoms with Crippen LogP contribution in [0.2, 0.25) is 0 Å². The largest absolute Gasteiger partial charge is 0.384 e.